The van der Waals surface area contributed by atoms with Gasteiger partial charge in [0.15, 0.2) is 0 Å². The van der Waals surface area contributed by atoms with Gasteiger partial charge in [-0.3, -0.25) is 9.78 Å². The molecule has 1 heterocycles. The monoisotopic (exact) mass is 301 g/mol. The highest BCUT2D eigenvalue weighted by Gasteiger charge is 2.19. The highest BCUT2D eigenvalue weighted by atomic mass is 32.1. The maximum absolute atomic E-state index is 11.5. The minimum absolute atomic E-state index is 0.0651. The van der Waals surface area contributed by atoms with Gasteiger partial charge in [0.1, 0.15) is 6.04 Å². The minimum Gasteiger partial charge on any atom is -0.481 e. The fourth-order valence-corrected chi connectivity index (χ4v) is 1.96. The fraction of sp³-hybridized carbons (Fsp3) is 0.455. The molecule has 4 N–H and O–H groups in total. The first-order valence-corrected chi connectivity index (χ1v) is 6.73. The lowest BCUT2D eigenvalue weighted by Crippen LogP contribution is -2.45. The van der Waals surface area contributed by atoms with Gasteiger partial charge in [0, 0.05) is 17.5 Å². The number of thiazole rings is 1. The van der Waals surface area contributed by atoms with Crippen molar-refractivity contribution < 1.29 is 24.6 Å². The van der Waals surface area contributed by atoms with Crippen LogP contribution in [0.2, 0.25) is 0 Å². The molecule has 1 aromatic heterocycles. The third kappa shape index (κ3) is 6.14. The molecule has 0 aliphatic heterocycles. The van der Waals surface area contributed by atoms with Crippen molar-refractivity contribution in [3.8, 4) is 0 Å². The van der Waals surface area contributed by atoms with Crippen LogP contribution in [-0.4, -0.2) is 39.2 Å². The molecular formula is C11H15N3O5S. The Morgan fingerprint density at radius 1 is 1.35 bits per heavy atom. The zero-order valence-electron chi connectivity index (χ0n) is 10.5. The molecule has 0 radical (unpaired) electrons. The molecule has 1 rings (SSSR count). The van der Waals surface area contributed by atoms with Gasteiger partial charge < -0.3 is 20.8 Å². The average Bonchev–Trinajstić information content (AvgIpc) is 2.87. The maximum atomic E-state index is 11.5. The molecule has 0 spiro atoms. The zero-order chi connectivity index (χ0) is 15.0. The number of aromatic nitrogens is 1. The largest absolute Gasteiger partial charge is 0.481 e. The topological polar surface area (TPSA) is 129 Å². The first kappa shape index (κ1) is 15.9. The Balaban J connectivity index is 2.34. The smallest absolute Gasteiger partial charge is 0.326 e. The Bertz CT molecular complexity index is 463. The van der Waals surface area contributed by atoms with Crippen LogP contribution in [0.15, 0.2) is 11.7 Å². The molecule has 0 saturated heterocycles. The number of carboxylic acid groups (broad SMARTS) is 2. The van der Waals surface area contributed by atoms with Gasteiger partial charge in [-0.15, -0.1) is 11.3 Å². The van der Waals surface area contributed by atoms with Crippen molar-refractivity contribution in [3.63, 3.8) is 0 Å². The number of carboxylic acids is 2. The molecule has 1 atom stereocenters. The predicted molar refractivity (Wildman–Crippen MR) is 70.4 cm³/mol. The number of hydrogen-bond acceptors (Lipinski definition) is 5. The average molecular weight is 301 g/mol. The number of urea groups is 1. The molecule has 1 aromatic rings. The number of amides is 2. The number of nitrogens with one attached hydrogen (secondary N) is 2. The van der Waals surface area contributed by atoms with Crippen LogP contribution in [-0.2, 0) is 16.1 Å². The van der Waals surface area contributed by atoms with E-state index in [1.807, 2.05) is 0 Å². The second-order valence-corrected chi connectivity index (χ2v) is 4.94. The summed E-state index contributed by atoms with van der Waals surface area (Å²) in [6.45, 7) is 0.262. The summed E-state index contributed by atoms with van der Waals surface area (Å²) in [6, 6.07) is -1.71. The van der Waals surface area contributed by atoms with Gasteiger partial charge in [-0.2, -0.15) is 0 Å². The lowest BCUT2D eigenvalue weighted by molar-refractivity contribution is -0.140. The molecule has 20 heavy (non-hydrogen) atoms. The van der Waals surface area contributed by atoms with Gasteiger partial charge in [0.25, 0.3) is 0 Å². The molecule has 0 unspecified atom stereocenters. The minimum atomic E-state index is -1.19. The van der Waals surface area contributed by atoms with E-state index in [1.54, 1.807) is 11.7 Å². The number of nitrogens with zero attached hydrogens (tertiary/aromatic N) is 1. The van der Waals surface area contributed by atoms with Crippen molar-refractivity contribution in [2.75, 3.05) is 0 Å². The van der Waals surface area contributed by atoms with Crippen LogP contribution in [0.25, 0.3) is 0 Å². The third-order valence-electron chi connectivity index (χ3n) is 2.39. The summed E-state index contributed by atoms with van der Waals surface area (Å²) < 4.78 is 0. The van der Waals surface area contributed by atoms with Crippen LogP contribution in [0.3, 0.4) is 0 Å². The van der Waals surface area contributed by atoms with E-state index in [2.05, 4.69) is 15.6 Å². The van der Waals surface area contributed by atoms with Crippen LogP contribution in [0.4, 0.5) is 4.79 Å². The molecule has 0 aromatic carbocycles. The lowest BCUT2D eigenvalue weighted by Gasteiger charge is -2.14. The zero-order valence-corrected chi connectivity index (χ0v) is 11.4. The molecule has 9 heteroatoms. The molecule has 0 saturated carbocycles. The van der Waals surface area contributed by atoms with Gasteiger partial charge in [-0.05, 0) is 12.8 Å². The summed E-state index contributed by atoms with van der Waals surface area (Å²) in [5.74, 6) is -2.19. The normalized spacial score (nSPS) is 11.6. The molecule has 110 valence electrons. The number of aliphatic carboxylic acids is 2. The molecular weight excluding hydrogens is 286 g/mol. The Hall–Kier alpha value is -2.16. The summed E-state index contributed by atoms with van der Waals surface area (Å²) in [4.78, 5) is 37.5. The Morgan fingerprint density at radius 2 is 2.10 bits per heavy atom. The predicted octanol–water partition coefficient (Wildman–Crippen LogP) is 0.650. The van der Waals surface area contributed by atoms with Gasteiger partial charge in [-0.1, -0.05) is 0 Å². The van der Waals surface area contributed by atoms with E-state index in [4.69, 9.17) is 10.2 Å². The van der Waals surface area contributed by atoms with Gasteiger partial charge in [0.2, 0.25) is 0 Å². The van der Waals surface area contributed by atoms with Crippen molar-refractivity contribution in [1.29, 1.82) is 0 Å². The Morgan fingerprint density at radius 3 is 2.65 bits per heavy atom. The second-order valence-electron chi connectivity index (χ2n) is 3.97. The molecule has 0 bridgehead atoms. The second kappa shape index (κ2) is 8.10. The number of rotatable bonds is 8. The molecule has 0 aliphatic carbocycles. The SMILES string of the molecule is O=C(O)CCC[C@@H](NC(=O)NCc1cncs1)C(=O)O. The summed E-state index contributed by atoms with van der Waals surface area (Å²) in [5, 5.41) is 22.2. The van der Waals surface area contributed by atoms with Gasteiger partial charge in [0.05, 0.1) is 12.1 Å². The van der Waals surface area contributed by atoms with E-state index in [0.717, 1.165) is 4.88 Å². The Kier molecular flexibility index (Phi) is 6.44. The standard InChI is InChI=1S/C11H15N3O5S/c15-9(16)3-1-2-8(10(17)18)14-11(19)13-5-7-4-12-6-20-7/h4,6,8H,1-3,5H2,(H,15,16)(H,17,18)(H2,13,14,19)/t8-/m1/s1. The Labute approximate surface area is 118 Å². The van der Waals surface area contributed by atoms with E-state index in [1.165, 1.54) is 11.3 Å². The lowest BCUT2D eigenvalue weighted by atomic mass is 10.1. The molecule has 2 amide bonds. The fourth-order valence-electron chi connectivity index (χ4n) is 1.42. The van der Waals surface area contributed by atoms with E-state index in [0.29, 0.717) is 0 Å². The van der Waals surface area contributed by atoms with Crippen LogP contribution < -0.4 is 10.6 Å². The maximum Gasteiger partial charge on any atom is 0.326 e. The molecule has 0 fully saturated rings. The van der Waals surface area contributed by atoms with Crippen molar-refractivity contribution in [3.05, 3.63) is 16.6 Å². The summed E-state index contributed by atoms with van der Waals surface area (Å²) in [5.41, 5.74) is 1.63. The molecule has 8 nitrogen and oxygen atoms in total. The van der Waals surface area contributed by atoms with E-state index < -0.39 is 24.0 Å². The number of carbonyl (C=O) groups excluding carboxylic acids is 1. The highest BCUT2D eigenvalue weighted by Crippen LogP contribution is 2.04. The van der Waals surface area contributed by atoms with Gasteiger partial charge in [-0.25, -0.2) is 9.59 Å². The van der Waals surface area contributed by atoms with Crippen LogP contribution in [0, 0.1) is 0 Å². The van der Waals surface area contributed by atoms with Crippen LogP contribution in [0.5, 0.6) is 0 Å². The van der Waals surface area contributed by atoms with E-state index in [9.17, 15) is 14.4 Å². The van der Waals surface area contributed by atoms with Crippen LogP contribution >= 0.6 is 11.3 Å². The van der Waals surface area contributed by atoms with Gasteiger partial charge >= 0.3 is 18.0 Å². The van der Waals surface area contributed by atoms with Crippen molar-refractivity contribution in [2.45, 2.75) is 31.8 Å². The summed E-state index contributed by atoms with van der Waals surface area (Å²) in [6.07, 6.45) is 1.72. The van der Waals surface area contributed by atoms with E-state index in [-0.39, 0.29) is 25.8 Å². The number of hydrogen-bond donors (Lipinski definition) is 4. The van der Waals surface area contributed by atoms with Crippen molar-refractivity contribution in [2.24, 2.45) is 0 Å². The third-order valence-corrected chi connectivity index (χ3v) is 3.17. The van der Waals surface area contributed by atoms with Crippen molar-refractivity contribution >= 4 is 29.3 Å². The van der Waals surface area contributed by atoms with Crippen LogP contribution in [0.1, 0.15) is 24.1 Å². The quantitative estimate of drug-likeness (QED) is 0.558. The first-order valence-electron chi connectivity index (χ1n) is 5.85. The number of carbonyl (C=O) groups is 3. The summed E-state index contributed by atoms with van der Waals surface area (Å²) >= 11 is 1.37. The summed E-state index contributed by atoms with van der Waals surface area (Å²) in [7, 11) is 0. The highest BCUT2D eigenvalue weighted by molar-refractivity contribution is 7.09. The first-order chi connectivity index (χ1) is 9.49. The van der Waals surface area contributed by atoms with Crippen molar-refractivity contribution in [1.82, 2.24) is 15.6 Å². The molecule has 0 aliphatic rings. The van der Waals surface area contributed by atoms with E-state index >= 15 is 0 Å².